The molecule has 2 fully saturated rings. The molecule has 182 valence electrons. The van der Waals surface area contributed by atoms with E-state index in [9.17, 15) is 9.59 Å². The predicted molar refractivity (Wildman–Crippen MR) is 126 cm³/mol. The fourth-order valence-electron chi connectivity index (χ4n) is 4.93. The molecule has 0 atom stereocenters. The van der Waals surface area contributed by atoms with E-state index in [2.05, 4.69) is 0 Å². The lowest BCUT2D eigenvalue weighted by Gasteiger charge is -2.32. The van der Waals surface area contributed by atoms with Crippen LogP contribution in [0, 0.1) is 11.8 Å². The van der Waals surface area contributed by atoms with Gasteiger partial charge in [-0.1, -0.05) is 38.5 Å². The summed E-state index contributed by atoms with van der Waals surface area (Å²) in [5.74, 6) is 0.524. The Bertz CT molecular complexity index is 428. The molecule has 0 bridgehead atoms. The Morgan fingerprint density at radius 2 is 0.839 bits per heavy atom. The number of carbonyl (C=O) groups is 2. The molecule has 0 aromatic carbocycles. The Morgan fingerprint density at radius 3 is 1.13 bits per heavy atom. The lowest BCUT2D eigenvalue weighted by molar-refractivity contribution is -0.138. The van der Waals surface area contributed by atoms with Crippen LogP contribution < -0.4 is 11.5 Å². The number of carboxylic acids is 2. The molecule has 2 saturated carbocycles. The highest BCUT2D eigenvalue weighted by Gasteiger charge is 2.24. The summed E-state index contributed by atoms with van der Waals surface area (Å²) in [6.45, 7) is 0. The van der Waals surface area contributed by atoms with Gasteiger partial charge in [-0.3, -0.25) is 9.59 Å². The second-order valence-corrected chi connectivity index (χ2v) is 9.91. The van der Waals surface area contributed by atoms with E-state index in [0.29, 0.717) is 12.1 Å². The summed E-state index contributed by atoms with van der Waals surface area (Å²) in [7, 11) is 0. The van der Waals surface area contributed by atoms with Crippen LogP contribution in [-0.2, 0) is 9.59 Å². The highest BCUT2D eigenvalue weighted by atomic mass is 16.4. The standard InChI is InChI=1S/C13H26N2.C12H22O4/c14-12-5-1-10(2-6-12)9-11-3-7-13(15)8-4-11;13-11(14)9-7-5-3-1-2-4-6-8-10-12(15)16/h10-13H,1-9,14-15H2;1-10H2,(H,13,14)(H,15,16). The largest absolute Gasteiger partial charge is 0.481 e. The smallest absolute Gasteiger partial charge is 0.303 e. The summed E-state index contributed by atoms with van der Waals surface area (Å²) in [5, 5.41) is 16.8. The Hall–Kier alpha value is -1.14. The van der Waals surface area contributed by atoms with Gasteiger partial charge in [0, 0.05) is 24.9 Å². The van der Waals surface area contributed by atoms with E-state index < -0.39 is 11.9 Å². The van der Waals surface area contributed by atoms with Gasteiger partial charge in [0.25, 0.3) is 0 Å². The molecular formula is C25H48N2O4. The second kappa shape index (κ2) is 17.4. The summed E-state index contributed by atoms with van der Waals surface area (Å²) >= 11 is 0. The van der Waals surface area contributed by atoms with Gasteiger partial charge < -0.3 is 21.7 Å². The van der Waals surface area contributed by atoms with Crippen molar-refractivity contribution in [3.63, 3.8) is 0 Å². The molecule has 31 heavy (non-hydrogen) atoms. The normalized spacial score (nSPS) is 26.0. The third-order valence-corrected chi connectivity index (χ3v) is 6.98. The first-order valence-corrected chi connectivity index (χ1v) is 12.8. The number of rotatable bonds is 13. The molecule has 6 N–H and O–H groups in total. The van der Waals surface area contributed by atoms with Gasteiger partial charge in [-0.05, 0) is 82.5 Å². The summed E-state index contributed by atoms with van der Waals surface area (Å²) < 4.78 is 0. The number of aliphatic carboxylic acids is 2. The van der Waals surface area contributed by atoms with E-state index in [1.165, 1.54) is 57.8 Å². The van der Waals surface area contributed by atoms with Crippen molar-refractivity contribution in [1.29, 1.82) is 0 Å². The van der Waals surface area contributed by atoms with Crippen LogP contribution in [0.3, 0.4) is 0 Å². The van der Waals surface area contributed by atoms with E-state index in [-0.39, 0.29) is 12.8 Å². The van der Waals surface area contributed by atoms with Crippen LogP contribution in [0.15, 0.2) is 0 Å². The van der Waals surface area contributed by atoms with E-state index >= 15 is 0 Å². The van der Waals surface area contributed by atoms with E-state index in [1.807, 2.05) is 0 Å². The molecule has 0 saturated heterocycles. The van der Waals surface area contributed by atoms with Gasteiger partial charge in [-0.2, -0.15) is 0 Å². The lowest BCUT2D eigenvalue weighted by Crippen LogP contribution is -2.30. The first kappa shape index (κ1) is 27.9. The third kappa shape index (κ3) is 16.2. The summed E-state index contributed by atoms with van der Waals surface area (Å²) in [4.78, 5) is 20.4. The quantitative estimate of drug-likeness (QED) is 0.281. The topological polar surface area (TPSA) is 127 Å². The Balaban J connectivity index is 0.000000310. The lowest BCUT2D eigenvalue weighted by atomic mass is 9.76. The van der Waals surface area contributed by atoms with Crippen molar-refractivity contribution >= 4 is 11.9 Å². The highest BCUT2D eigenvalue weighted by molar-refractivity contribution is 5.66. The maximum atomic E-state index is 10.2. The zero-order valence-electron chi connectivity index (χ0n) is 19.6. The van der Waals surface area contributed by atoms with Crippen LogP contribution in [0.2, 0.25) is 0 Å². The van der Waals surface area contributed by atoms with Crippen LogP contribution in [0.5, 0.6) is 0 Å². The fourth-order valence-corrected chi connectivity index (χ4v) is 4.93. The molecule has 0 aromatic rings. The highest BCUT2D eigenvalue weighted by Crippen LogP contribution is 2.34. The number of hydrogen-bond donors (Lipinski definition) is 4. The molecule has 6 nitrogen and oxygen atoms in total. The Labute approximate surface area is 189 Å². The SMILES string of the molecule is NC1CCC(CC2CCC(N)CC2)CC1.O=C(O)CCCCCCCCCCC(=O)O. The zero-order chi connectivity index (χ0) is 22.9. The van der Waals surface area contributed by atoms with Crippen molar-refractivity contribution < 1.29 is 19.8 Å². The van der Waals surface area contributed by atoms with E-state index in [0.717, 1.165) is 63.2 Å². The molecule has 2 aliphatic carbocycles. The molecule has 2 aliphatic rings. The van der Waals surface area contributed by atoms with Gasteiger partial charge in [-0.25, -0.2) is 0 Å². The van der Waals surface area contributed by atoms with Crippen molar-refractivity contribution in [2.75, 3.05) is 0 Å². The van der Waals surface area contributed by atoms with Crippen molar-refractivity contribution in [2.24, 2.45) is 23.3 Å². The molecule has 0 amide bonds. The van der Waals surface area contributed by atoms with E-state index in [1.54, 1.807) is 0 Å². The molecule has 6 heteroatoms. The van der Waals surface area contributed by atoms with Crippen LogP contribution in [-0.4, -0.2) is 34.2 Å². The number of nitrogens with two attached hydrogens (primary N) is 2. The predicted octanol–water partition coefficient (Wildman–Crippen LogP) is 5.47. The van der Waals surface area contributed by atoms with Crippen molar-refractivity contribution in [3.8, 4) is 0 Å². The molecule has 0 radical (unpaired) electrons. The zero-order valence-corrected chi connectivity index (χ0v) is 19.6. The van der Waals surface area contributed by atoms with Crippen LogP contribution in [0.4, 0.5) is 0 Å². The molecule has 0 aromatic heterocycles. The van der Waals surface area contributed by atoms with Gasteiger partial charge in [0.2, 0.25) is 0 Å². The average molecular weight is 441 g/mol. The molecule has 0 heterocycles. The van der Waals surface area contributed by atoms with Gasteiger partial charge in [0.05, 0.1) is 0 Å². The van der Waals surface area contributed by atoms with Gasteiger partial charge in [-0.15, -0.1) is 0 Å². The second-order valence-electron chi connectivity index (χ2n) is 9.91. The Kier molecular flexibility index (Phi) is 15.7. The number of carboxylic acid groups (broad SMARTS) is 2. The first-order chi connectivity index (χ1) is 14.9. The van der Waals surface area contributed by atoms with Crippen LogP contribution in [0.25, 0.3) is 0 Å². The maximum Gasteiger partial charge on any atom is 0.303 e. The minimum Gasteiger partial charge on any atom is -0.481 e. The molecular weight excluding hydrogens is 392 g/mol. The van der Waals surface area contributed by atoms with Crippen molar-refractivity contribution in [3.05, 3.63) is 0 Å². The average Bonchev–Trinajstić information content (AvgIpc) is 2.73. The fraction of sp³-hybridized carbons (Fsp3) is 0.920. The summed E-state index contributed by atoms with van der Waals surface area (Å²) in [6.07, 6.45) is 20.5. The van der Waals surface area contributed by atoms with Crippen molar-refractivity contribution in [1.82, 2.24) is 0 Å². The molecule has 0 spiro atoms. The molecule has 0 unspecified atom stereocenters. The van der Waals surface area contributed by atoms with E-state index in [4.69, 9.17) is 21.7 Å². The molecule has 2 rings (SSSR count). The Morgan fingerprint density at radius 1 is 0.548 bits per heavy atom. The first-order valence-electron chi connectivity index (χ1n) is 12.8. The minimum absolute atomic E-state index is 0.276. The minimum atomic E-state index is -0.714. The summed E-state index contributed by atoms with van der Waals surface area (Å²) in [6, 6.07) is 1.00. The van der Waals surface area contributed by atoms with Gasteiger partial charge in [0.1, 0.15) is 0 Å². The number of unbranched alkanes of at least 4 members (excludes halogenated alkanes) is 7. The summed E-state index contributed by atoms with van der Waals surface area (Å²) in [5.41, 5.74) is 11.9. The monoisotopic (exact) mass is 440 g/mol. The van der Waals surface area contributed by atoms with Crippen molar-refractivity contribution in [2.45, 2.75) is 134 Å². The van der Waals surface area contributed by atoms with Gasteiger partial charge >= 0.3 is 11.9 Å². The van der Waals surface area contributed by atoms with Crippen LogP contribution in [0.1, 0.15) is 122 Å². The maximum absolute atomic E-state index is 10.2. The number of hydrogen-bond acceptors (Lipinski definition) is 4. The van der Waals surface area contributed by atoms with Crippen LogP contribution >= 0.6 is 0 Å². The van der Waals surface area contributed by atoms with Gasteiger partial charge in [0.15, 0.2) is 0 Å². The molecule has 0 aliphatic heterocycles. The third-order valence-electron chi connectivity index (χ3n) is 6.98.